The highest BCUT2D eigenvalue weighted by Gasteiger charge is 2.27. The van der Waals surface area contributed by atoms with E-state index in [2.05, 4.69) is 21.9 Å². The lowest BCUT2D eigenvalue weighted by Crippen LogP contribution is -2.52. The second kappa shape index (κ2) is 6.57. The van der Waals surface area contributed by atoms with Crippen LogP contribution in [0.2, 0.25) is 0 Å². The van der Waals surface area contributed by atoms with Crippen LogP contribution >= 0.6 is 0 Å². The Morgan fingerprint density at radius 2 is 1.84 bits per heavy atom. The average Bonchev–Trinajstić information content (AvgIpc) is 2.46. The van der Waals surface area contributed by atoms with Crippen molar-refractivity contribution < 1.29 is 9.90 Å². The Morgan fingerprint density at radius 1 is 1.21 bits per heavy atom. The lowest BCUT2D eigenvalue weighted by molar-refractivity contribution is -0.143. The number of nitrogens with zero attached hydrogens (tertiary/aromatic N) is 2. The van der Waals surface area contributed by atoms with Gasteiger partial charge in [-0.2, -0.15) is 0 Å². The van der Waals surface area contributed by atoms with Crippen molar-refractivity contribution in [3.05, 3.63) is 30.3 Å². The SMILES string of the molecule is CCCC(C(=O)O)N1CCN(c2ccccc2)CC1. The third-order valence-corrected chi connectivity index (χ3v) is 3.72. The standard InChI is InChI=1S/C15H22N2O2/c1-2-6-14(15(18)19)17-11-9-16(10-12-17)13-7-4-3-5-8-13/h3-5,7-8,14H,2,6,9-12H2,1H3,(H,18,19). The Bertz CT molecular complexity index is 400. The van der Waals surface area contributed by atoms with Crippen LogP contribution in [0.25, 0.3) is 0 Å². The highest BCUT2D eigenvalue weighted by molar-refractivity contribution is 5.73. The van der Waals surface area contributed by atoms with Crippen LogP contribution in [0.3, 0.4) is 0 Å². The van der Waals surface area contributed by atoms with E-state index in [0.29, 0.717) is 0 Å². The molecule has 0 aromatic heterocycles. The summed E-state index contributed by atoms with van der Waals surface area (Å²) in [6.45, 7) is 5.49. The van der Waals surface area contributed by atoms with E-state index < -0.39 is 5.97 Å². The van der Waals surface area contributed by atoms with Gasteiger partial charge in [0.25, 0.3) is 0 Å². The molecule has 2 rings (SSSR count). The number of aliphatic carboxylic acids is 1. The molecular formula is C15H22N2O2. The summed E-state index contributed by atoms with van der Waals surface area (Å²) in [7, 11) is 0. The first kappa shape index (κ1) is 13.9. The molecule has 1 saturated heterocycles. The summed E-state index contributed by atoms with van der Waals surface area (Å²) >= 11 is 0. The van der Waals surface area contributed by atoms with Crippen LogP contribution in [0, 0.1) is 0 Å². The Labute approximate surface area is 114 Å². The number of carboxylic acid groups (broad SMARTS) is 1. The van der Waals surface area contributed by atoms with Crippen molar-refractivity contribution in [1.82, 2.24) is 4.90 Å². The Balaban J connectivity index is 1.93. The van der Waals surface area contributed by atoms with Crippen LogP contribution in [0.4, 0.5) is 5.69 Å². The number of anilines is 1. The third-order valence-electron chi connectivity index (χ3n) is 3.72. The van der Waals surface area contributed by atoms with Gasteiger partial charge in [-0.1, -0.05) is 31.5 Å². The minimum absolute atomic E-state index is 0.317. The van der Waals surface area contributed by atoms with Gasteiger partial charge in [-0.15, -0.1) is 0 Å². The molecule has 4 nitrogen and oxygen atoms in total. The fourth-order valence-electron chi connectivity index (χ4n) is 2.67. The Morgan fingerprint density at radius 3 is 2.37 bits per heavy atom. The molecule has 1 heterocycles. The molecule has 1 aromatic carbocycles. The van der Waals surface area contributed by atoms with Crippen molar-refractivity contribution in [1.29, 1.82) is 0 Å². The zero-order valence-corrected chi connectivity index (χ0v) is 11.5. The molecule has 0 radical (unpaired) electrons. The second-order valence-electron chi connectivity index (χ2n) is 5.00. The third kappa shape index (κ3) is 3.47. The number of hydrogen-bond acceptors (Lipinski definition) is 3. The highest BCUT2D eigenvalue weighted by atomic mass is 16.4. The zero-order chi connectivity index (χ0) is 13.7. The van der Waals surface area contributed by atoms with Crippen LogP contribution in [-0.2, 0) is 4.79 Å². The van der Waals surface area contributed by atoms with Gasteiger partial charge in [0.15, 0.2) is 0 Å². The molecule has 1 fully saturated rings. The minimum Gasteiger partial charge on any atom is -0.480 e. The average molecular weight is 262 g/mol. The first-order chi connectivity index (χ1) is 9.22. The van der Waals surface area contributed by atoms with Gasteiger partial charge in [0.05, 0.1) is 0 Å². The summed E-state index contributed by atoms with van der Waals surface area (Å²) in [6.07, 6.45) is 1.65. The van der Waals surface area contributed by atoms with Crippen LogP contribution in [0.15, 0.2) is 30.3 Å². The number of benzene rings is 1. The summed E-state index contributed by atoms with van der Waals surface area (Å²) in [4.78, 5) is 15.7. The van der Waals surface area contributed by atoms with Crippen LogP contribution in [-0.4, -0.2) is 48.2 Å². The summed E-state index contributed by atoms with van der Waals surface area (Å²) in [6, 6.07) is 9.99. The van der Waals surface area contributed by atoms with Gasteiger partial charge < -0.3 is 10.0 Å². The van der Waals surface area contributed by atoms with Gasteiger partial charge in [0.2, 0.25) is 0 Å². The number of para-hydroxylation sites is 1. The van der Waals surface area contributed by atoms with Gasteiger partial charge >= 0.3 is 5.97 Å². The number of carboxylic acids is 1. The monoisotopic (exact) mass is 262 g/mol. The Hall–Kier alpha value is -1.55. The first-order valence-corrected chi connectivity index (χ1v) is 6.99. The van der Waals surface area contributed by atoms with Crippen LogP contribution in [0.1, 0.15) is 19.8 Å². The quantitative estimate of drug-likeness (QED) is 0.882. The van der Waals surface area contributed by atoms with Crippen molar-refractivity contribution >= 4 is 11.7 Å². The molecular weight excluding hydrogens is 240 g/mol. The van der Waals surface area contributed by atoms with E-state index >= 15 is 0 Å². The van der Waals surface area contributed by atoms with Gasteiger partial charge in [0.1, 0.15) is 6.04 Å². The van der Waals surface area contributed by atoms with Crippen LogP contribution in [0.5, 0.6) is 0 Å². The van der Waals surface area contributed by atoms with E-state index in [0.717, 1.165) is 39.0 Å². The highest BCUT2D eigenvalue weighted by Crippen LogP contribution is 2.18. The molecule has 0 saturated carbocycles. The number of hydrogen-bond donors (Lipinski definition) is 1. The predicted molar refractivity (Wildman–Crippen MR) is 76.6 cm³/mol. The van der Waals surface area contributed by atoms with Crippen LogP contribution < -0.4 is 4.90 Å². The number of carbonyl (C=O) groups is 1. The van der Waals surface area contributed by atoms with Crippen molar-refractivity contribution in [3.8, 4) is 0 Å². The molecule has 0 amide bonds. The summed E-state index contributed by atoms with van der Waals surface area (Å²) in [5.41, 5.74) is 1.23. The predicted octanol–water partition coefficient (Wildman–Crippen LogP) is 2.06. The lowest BCUT2D eigenvalue weighted by atomic mass is 10.1. The van der Waals surface area contributed by atoms with Gasteiger partial charge in [0, 0.05) is 31.9 Å². The lowest BCUT2D eigenvalue weighted by Gasteiger charge is -2.38. The first-order valence-electron chi connectivity index (χ1n) is 6.99. The minimum atomic E-state index is -0.685. The molecule has 4 heteroatoms. The summed E-state index contributed by atoms with van der Waals surface area (Å²) < 4.78 is 0. The molecule has 104 valence electrons. The van der Waals surface area contributed by atoms with Crippen molar-refractivity contribution in [2.45, 2.75) is 25.8 Å². The maximum atomic E-state index is 11.3. The molecule has 1 unspecified atom stereocenters. The molecule has 19 heavy (non-hydrogen) atoms. The molecule has 1 N–H and O–H groups in total. The van der Waals surface area contributed by atoms with Gasteiger partial charge in [-0.25, -0.2) is 0 Å². The topological polar surface area (TPSA) is 43.8 Å². The van der Waals surface area contributed by atoms with E-state index in [1.54, 1.807) is 0 Å². The maximum absolute atomic E-state index is 11.3. The number of rotatable bonds is 5. The zero-order valence-electron chi connectivity index (χ0n) is 11.5. The molecule has 0 aliphatic carbocycles. The van der Waals surface area contributed by atoms with Crippen molar-refractivity contribution in [2.24, 2.45) is 0 Å². The fourth-order valence-corrected chi connectivity index (χ4v) is 2.67. The van der Waals surface area contributed by atoms with E-state index in [1.807, 2.05) is 25.1 Å². The smallest absolute Gasteiger partial charge is 0.320 e. The summed E-state index contributed by atoms with van der Waals surface area (Å²) in [5.74, 6) is -0.685. The molecule has 1 aliphatic heterocycles. The molecule has 1 aliphatic rings. The van der Waals surface area contributed by atoms with E-state index in [9.17, 15) is 9.90 Å². The van der Waals surface area contributed by atoms with E-state index in [4.69, 9.17) is 0 Å². The van der Waals surface area contributed by atoms with Gasteiger partial charge in [-0.05, 0) is 18.6 Å². The molecule has 1 atom stereocenters. The summed E-state index contributed by atoms with van der Waals surface area (Å²) in [5, 5.41) is 9.28. The molecule has 1 aromatic rings. The van der Waals surface area contributed by atoms with Gasteiger partial charge in [-0.3, -0.25) is 9.69 Å². The second-order valence-corrected chi connectivity index (χ2v) is 5.00. The molecule has 0 spiro atoms. The van der Waals surface area contributed by atoms with Crippen molar-refractivity contribution in [3.63, 3.8) is 0 Å². The van der Waals surface area contributed by atoms with E-state index in [-0.39, 0.29) is 6.04 Å². The maximum Gasteiger partial charge on any atom is 0.320 e. The van der Waals surface area contributed by atoms with Crippen molar-refractivity contribution in [2.75, 3.05) is 31.1 Å². The Kier molecular flexibility index (Phi) is 4.80. The fraction of sp³-hybridized carbons (Fsp3) is 0.533. The largest absolute Gasteiger partial charge is 0.480 e. The number of piperazine rings is 1. The van der Waals surface area contributed by atoms with E-state index in [1.165, 1.54) is 5.69 Å². The molecule has 0 bridgehead atoms. The normalized spacial score (nSPS) is 18.3.